The van der Waals surface area contributed by atoms with Gasteiger partial charge in [0.15, 0.2) is 5.58 Å². The predicted octanol–water partition coefficient (Wildman–Crippen LogP) is 5.56. The van der Waals surface area contributed by atoms with Crippen molar-refractivity contribution in [3.8, 4) is 10.4 Å². The van der Waals surface area contributed by atoms with Crippen molar-refractivity contribution in [1.29, 1.82) is 0 Å². The lowest BCUT2D eigenvalue weighted by atomic mass is 9.89. The SMILES string of the molecule is COC(=O)c1c(NC(=O)CCSc2nc3ccccc3o2)sc2c1CCc1ccccc1-2. The number of thiophene rings is 1. The van der Waals surface area contributed by atoms with Crippen molar-refractivity contribution >= 4 is 51.1 Å². The van der Waals surface area contributed by atoms with Crippen LogP contribution < -0.4 is 5.32 Å². The van der Waals surface area contributed by atoms with E-state index in [9.17, 15) is 9.59 Å². The number of benzene rings is 2. The number of oxazole rings is 1. The molecule has 0 saturated carbocycles. The lowest BCUT2D eigenvalue weighted by Crippen LogP contribution is -2.15. The number of hydrogen-bond acceptors (Lipinski definition) is 7. The molecule has 5 rings (SSSR count). The van der Waals surface area contributed by atoms with Gasteiger partial charge < -0.3 is 14.5 Å². The Hall–Kier alpha value is -3.10. The molecule has 0 aliphatic heterocycles. The number of methoxy groups -OCH3 is 1. The molecule has 162 valence electrons. The number of nitrogens with one attached hydrogen (secondary N) is 1. The van der Waals surface area contributed by atoms with Crippen LogP contribution in [0.15, 0.2) is 58.2 Å². The standard InChI is InChI=1S/C24H20N2O4S2/c1-29-23(28)20-16-11-10-14-6-2-3-7-15(14)21(16)32-22(20)26-19(27)12-13-31-24-25-17-8-4-5-9-18(17)30-24/h2-9H,10-13H2,1H3,(H,26,27). The minimum Gasteiger partial charge on any atom is -0.465 e. The fourth-order valence-corrected chi connectivity index (χ4v) is 5.97. The predicted molar refractivity (Wildman–Crippen MR) is 126 cm³/mol. The molecule has 0 spiro atoms. The quantitative estimate of drug-likeness (QED) is 0.297. The molecule has 8 heteroatoms. The first-order valence-corrected chi connectivity index (χ1v) is 12.0. The number of amides is 1. The number of thioether (sulfide) groups is 1. The third kappa shape index (κ3) is 3.91. The van der Waals surface area contributed by atoms with E-state index in [0.29, 0.717) is 21.5 Å². The largest absolute Gasteiger partial charge is 0.465 e. The normalized spacial score (nSPS) is 12.3. The highest BCUT2D eigenvalue weighted by Gasteiger charge is 2.29. The summed E-state index contributed by atoms with van der Waals surface area (Å²) in [6.07, 6.45) is 1.87. The zero-order valence-electron chi connectivity index (χ0n) is 17.3. The maximum Gasteiger partial charge on any atom is 0.341 e. The first-order valence-electron chi connectivity index (χ1n) is 10.2. The Morgan fingerprint density at radius 2 is 1.97 bits per heavy atom. The second-order valence-electron chi connectivity index (χ2n) is 7.36. The fourth-order valence-electron chi connectivity index (χ4n) is 3.88. The van der Waals surface area contributed by atoms with E-state index in [1.807, 2.05) is 36.4 Å². The highest BCUT2D eigenvalue weighted by atomic mass is 32.2. The van der Waals surface area contributed by atoms with Crippen LogP contribution in [0.25, 0.3) is 21.5 Å². The van der Waals surface area contributed by atoms with Crippen molar-refractivity contribution in [2.45, 2.75) is 24.5 Å². The van der Waals surface area contributed by atoms with Crippen LogP contribution in [0.5, 0.6) is 0 Å². The van der Waals surface area contributed by atoms with Crippen molar-refractivity contribution in [1.82, 2.24) is 4.98 Å². The number of aryl methyl sites for hydroxylation is 1. The fraction of sp³-hybridized carbons (Fsp3) is 0.208. The van der Waals surface area contributed by atoms with Crippen LogP contribution in [0.3, 0.4) is 0 Å². The summed E-state index contributed by atoms with van der Waals surface area (Å²) in [6.45, 7) is 0. The topological polar surface area (TPSA) is 81.4 Å². The Kier molecular flexibility index (Phi) is 5.71. The third-order valence-electron chi connectivity index (χ3n) is 5.38. The molecule has 6 nitrogen and oxygen atoms in total. The Bertz CT molecular complexity index is 1290. The number of carbonyl (C=O) groups excluding carboxylic acids is 2. The van der Waals surface area contributed by atoms with Crippen LogP contribution in [0, 0.1) is 0 Å². The smallest absolute Gasteiger partial charge is 0.341 e. The second kappa shape index (κ2) is 8.80. The van der Waals surface area contributed by atoms with E-state index in [1.54, 1.807) is 0 Å². The average Bonchev–Trinajstić information content (AvgIpc) is 3.39. The van der Waals surface area contributed by atoms with Gasteiger partial charge in [-0.3, -0.25) is 4.79 Å². The van der Waals surface area contributed by atoms with E-state index in [0.717, 1.165) is 39.9 Å². The van der Waals surface area contributed by atoms with Crippen LogP contribution in [0.1, 0.15) is 27.9 Å². The number of nitrogens with zero attached hydrogens (tertiary/aromatic N) is 1. The summed E-state index contributed by atoms with van der Waals surface area (Å²) in [5.74, 6) is -0.0659. The molecule has 0 bridgehead atoms. The number of carbonyl (C=O) groups is 2. The van der Waals surface area contributed by atoms with E-state index in [4.69, 9.17) is 9.15 Å². The first kappa shape index (κ1) is 20.8. The van der Waals surface area contributed by atoms with Gasteiger partial charge in [-0.05, 0) is 41.7 Å². The van der Waals surface area contributed by atoms with Gasteiger partial charge in [0.2, 0.25) is 5.91 Å². The Labute approximate surface area is 193 Å². The van der Waals surface area contributed by atoms with E-state index < -0.39 is 5.97 Å². The summed E-state index contributed by atoms with van der Waals surface area (Å²) in [5, 5.41) is 4.03. The van der Waals surface area contributed by atoms with E-state index >= 15 is 0 Å². The van der Waals surface area contributed by atoms with Crippen molar-refractivity contribution in [3.05, 3.63) is 65.2 Å². The summed E-state index contributed by atoms with van der Waals surface area (Å²) in [5.41, 5.74) is 5.33. The summed E-state index contributed by atoms with van der Waals surface area (Å²) in [4.78, 5) is 30.7. The van der Waals surface area contributed by atoms with E-state index in [1.165, 1.54) is 35.8 Å². The molecular weight excluding hydrogens is 444 g/mol. The lowest BCUT2D eigenvalue weighted by molar-refractivity contribution is -0.115. The summed E-state index contributed by atoms with van der Waals surface area (Å²) < 4.78 is 10.7. The number of hydrogen-bond donors (Lipinski definition) is 1. The number of para-hydroxylation sites is 2. The molecular formula is C24H20N2O4S2. The van der Waals surface area contributed by atoms with Crippen molar-refractivity contribution < 1.29 is 18.7 Å². The number of aromatic nitrogens is 1. The summed E-state index contributed by atoms with van der Waals surface area (Å²) in [7, 11) is 1.37. The second-order valence-corrected chi connectivity index (χ2v) is 9.42. The minimum absolute atomic E-state index is 0.161. The molecule has 0 fully saturated rings. The molecule has 2 heterocycles. The van der Waals surface area contributed by atoms with Gasteiger partial charge in [-0.1, -0.05) is 48.2 Å². The molecule has 1 N–H and O–H groups in total. The van der Waals surface area contributed by atoms with Crippen molar-refractivity contribution in [2.24, 2.45) is 0 Å². The molecule has 0 atom stereocenters. The molecule has 32 heavy (non-hydrogen) atoms. The van der Waals surface area contributed by atoms with Crippen LogP contribution in [0.2, 0.25) is 0 Å². The van der Waals surface area contributed by atoms with Gasteiger partial charge in [-0.25, -0.2) is 9.78 Å². The monoisotopic (exact) mass is 464 g/mol. The third-order valence-corrected chi connectivity index (χ3v) is 7.40. The molecule has 0 saturated heterocycles. The zero-order chi connectivity index (χ0) is 22.1. The van der Waals surface area contributed by atoms with Crippen LogP contribution in [0.4, 0.5) is 5.00 Å². The van der Waals surface area contributed by atoms with Gasteiger partial charge >= 0.3 is 5.97 Å². The molecule has 2 aromatic carbocycles. The Balaban J connectivity index is 1.31. The average molecular weight is 465 g/mol. The minimum atomic E-state index is -0.418. The Morgan fingerprint density at radius 1 is 1.16 bits per heavy atom. The van der Waals surface area contributed by atoms with Gasteiger partial charge in [0, 0.05) is 17.1 Å². The highest BCUT2D eigenvalue weighted by Crippen LogP contribution is 2.45. The zero-order valence-corrected chi connectivity index (χ0v) is 19.0. The number of fused-ring (bicyclic) bond motifs is 4. The lowest BCUT2D eigenvalue weighted by Gasteiger charge is -2.16. The molecule has 1 aliphatic rings. The molecule has 1 aliphatic carbocycles. The molecule has 1 amide bonds. The van der Waals surface area contributed by atoms with Crippen LogP contribution in [-0.4, -0.2) is 29.7 Å². The van der Waals surface area contributed by atoms with Crippen LogP contribution in [-0.2, 0) is 22.4 Å². The van der Waals surface area contributed by atoms with Gasteiger partial charge in [0.05, 0.1) is 12.7 Å². The highest BCUT2D eigenvalue weighted by molar-refractivity contribution is 7.99. The first-order chi connectivity index (χ1) is 15.6. The summed E-state index contributed by atoms with van der Waals surface area (Å²) >= 11 is 2.83. The molecule has 0 radical (unpaired) electrons. The molecule has 4 aromatic rings. The summed E-state index contributed by atoms with van der Waals surface area (Å²) in [6, 6.07) is 15.7. The van der Waals surface area contributed by atoms with Crippen molar-refractivity contribution in [3.63, 3.8) is 0 Å². The van der Waals surface area contributed by atoms with Crippen LogP contribution >= 0.6 is 23.1 Å². The van der Waals surface area contributed by atoms with Crippen molar-refractivity contribution in [2.75, 3.05) is 18.2 Å². The van der Waals surface area contributed by atoms with Gasteiger partial charge in [-0.15, -0.1) is 11.3 Å². The number of rotatable bonds is 6. The van der Waals surface area contributed by atoms with Gasteiger partial charge in [0.25, 0.3) is 5.22 Å². The van der Waals surface area contributed by atoms with Gasteiger partial charge in [-0.2, -0.15) is 0 Å². The number of esters is 1. The maximum absolute atomic E-state index is 12.7. The number of anilines is 1. The molecule has 0 unspecified atom stereocenters. The molecule has 2 aromatic heterocycles. The number of ether oxygens (including phenoxy) is 1. The Morgan fingerprint density at radius 3 is 2.81 bits per heavy atom. The van der Waals surface area contributed by atoms with E-state index in [2.05, 4.69) is 22.4 Å². The van der Waals surface area contributed by atoms with Gasteiger partial charge in [0.1, 0.15) is 10.5 Å². The maximum atomic E-state index is 12.7. The van der Waals surface area contributed by atoms with E-state index in [-0.39, 0.29) is 12.3 Å².